The van der Waals surface area contributed by atoms with Crippen LogP contribution in [-0.2, 0) is 0 Å². The molecule has 3 aromatic rings. The van der Waals surface area contributed by atoms with E-state index in [0.29, 0.717) is 12.0 Å². The number of pyridine rings is 1. The van der Waals surface area contributed by atoms with Crippen molar-refractivity contribution < 1.29 is 19.0 Å². The third kappa shape index (κ3) is 3.51. The molecule has 0 aliphatic carbocycles. The smallest absolute Gasteiger partial charge is 0.278 e. The Morgan fingerprint density at radius 3 is 2.65 bits per heavy atom. The Labute approximate surface area is 195 Å². The first-order chi connectivity index (χ1) is 16.5. The molecule has 0 spiro atoms. The molecule has 2 aliphatic heterocycles. The number of ether oxygens (including phenoxy) is 1. The van der Waals surface area contributed by atoms with Gasteiger partial charge in [-0.1, -0.05) is 55.5 Å². The van der Waals surface area contributed by atoms with E-state index in [1.165, 1.54) is 23.0 Å². The van der Waals surface area contributed by atoms with Crippen molar-refractivity contribution in [3.63, 3.8) is 0 Å². The van der Waals surface area contributed by atoms with Crippen LogP contribution in [0.3, 0.4) is 0 Å². The molecular weight excluding hydrogens is 437 g/mol. The minimum atomic E-state index is -0.639. The Bertz CT molecular complexity index is 1320. The van der Waals surface area contributed by atoms with Gasteiger partial charge in [-0.25, -0.2) is 4.39 Å². The number of fused-ring (bicyclic) bond motifs is 5. The minimum absolute atomic E-state index is 0.117. The highest BCUT2D eigenvalue weighted by Gasteiger charge is 2.39. The first-order valence-electron chi connectivity index (χ1n) is 11.2. The number of aromatic hydroxyl groups is 1. The van der Waals surface area contributed by atoms with Gasteiger partial charge in [-0.05, 0) is 24.1 Å². The van der Waals surface area contributed by atoms with Crippen molar-refractivity contribution in [3.05, 3.63) is 106 Å². The van der Waals surface area contributed by atoms with Gasteiger partial charge in [-0.2, -0.15) is 0 Å². The van der Waals surface area contributed by atoms with Crippen LogP contribution in [0.5, 0.6) is 11.5 Å². The Hall–Kier alpha value is -4.07. The predicted molar refractivity (Wildman–Crippen MR) is 125 cm³/mol. The van der Waals surface area contributed by atoms with Crippen LogP contribution >= 0.6 is 0 Å². The molecule has 2 atom stereocenters. The van der Waals surface area contributed by atoms with Gasteiger partial charge in [0.2, 0.25) is 5.43 Å². The topological polar surface area (TPSA) is 75.0 Å². The zero-order chi connectivity index (χ0) is 23.8. The van der Waals surface area contributed by atoms with Crippen molar-refractivity contribution in [2.75, 3.05) is 18.3 Å². The maximum atomic E-state index is 15.0. The summed E-state index contributed by atoms with van der Waals surface area (Å²) in [5, 5.41) is 12.5. The molecule has 8 heteroatoms. The van der Waals surface area contributed by atoms with Crippen molar-refractivity contribution >= 4 is 5.91 Å². The predicted octanol–water partition coefficient (Wildman–Crippen LogP) is 3.56. The molecule has 0 radical (unpaired) electrons. The molecule has 1 amide bonds. The number of carbonyl (C=O) groups is 1. The van der Waals surface area contributed by atoms with Crippen molar-refractivity contribution in [1.29, 1.82) is 0 Å². The van der Waals surface area contributed by atoms with E-state index in [9.17, 15) is 14.7 Å². The molecule has 174 valence electrons. The molecule has 0 saturated heterocycles. The van der Waals surface area contributed by atoms with E-state index in [-0.39, 0.29) is 30.8 Å². The van der Waals surface area contributed by atoms with Gasteiger partial charge in [-0.3, -0.25) is 19.3 Å². The van der Waals surface area contributed by atoms with Gasteiger partial charge in [-0.15, -0.1) is 0 Å². The molecule has 0 fully saturated rings. The largest absolute Gasteiger partial charge is 0.502 e. The molecule has 1 aromatic heterocycles. The number of carbonyl (C=O) groups excluding carboxylic acids is 1. The van der Waals surface area contributed by atoms with Crippen LogP contribution in [0.25, 0.3) is 0 Å². The minimum Gasteiger partial charge on any atom is -0.502 e. The molecule has 2 aromatic carbocycles. The lowest BCUT2D eigenvalue weighted by Crippen LogP contribution is -2.57. The highest BCUT2D eigenvalue weighted by atomic mass is 19.1. The zero-order valence-electron chi connectivity index (χ0n) is 18.6. The fraction of sp³-hybridized carbons (Fsp3) is 0.231. The van der Waals surface area contributed by atoms with E-state index in [0.717, 1.165) is 5.56 Å². The number of halogens is 1. The van der Waals surface area contributed by atoms with Gasteiger partial charge in [0.25, 0.3) is 5.91 Å². The summed E-state index contributed by atoms with van der Waals surface area (Å²) in [7, 11) is 0. The lowest BCUT2D eigenvalue weighted by Gasteiger charge is -2.45. The normalized spacial score (nSPS) is 20.6. The number of nitrogens with zero attached hydrogens (tertiary/aromatic N) is 3. The van der Waals surface area contributed by atoms with Crippen molar-refractivity contribution in [2.24, 2.45) is 0 Å². The summed E-state index contributed by atoms with van der Waals surface area (Å²) in [6.07, 6.45) is 5.68. The first-order valence-corrected chi connectivity index (χ1v) is 11.2. The molecule has 7 nitrogen and oxygen atoms in total. The quantitative estimate of drug-likeness (QED) is 0.591. The molecule has 5 rings (SSSR count). The Kier molecular flexibility index (Phi) is 5.57. The van der Waals surface area contributed by atoms with Crippen LogP contribution in [-0.4, -0.2) is 39.9 Å². The number of benzene rings is 2. The molecule has 2 aliphatic rings. The highest BCUT2D eigenvalue weighted by Crippen LogP contribution is 2.38. The maximum Gasteiger partial charge on any atom is 0.278 e. The van der Waals surface area contributed by atoms with E-state index < -0.39 is 28.9 Å². The maximum absolute atomic E-state index is 15.0. The molecule has 1 N–H and O–H groups in total. The van der Waals surface area contributed by atoms with E-state index in [2.05, 4.69) is 0 Å². The fourth-order valence-electron chi connectivity index (χ4n) is 4.66. The third-order valence-corrected chi connectivity index (χ3v) is 6.30. The average Bonchev–Trinajstić information content (AvgIpc) is 2.87. The van der Waals surface area contributed by atoms with Crippen LogP contribution in [0, 0.1) is 5.82 Å². The number of para-hydroxylation sites is 1. The lowest BCUT2D eigenvalue weighted by molar-refractivity contribution is 0.0626. The number of aromatic nitrogens is 1. The van der Waals surface area contributed by atoms with Crippen molar-refractivity contribution in [3.8, 4) is 11.5 Å². The van der Waals surface area contributed by atoms with Gasteiger partial charge in [0.1, 0.15) is 19.3 Å². The summed E-state index contributed by atoms with van der Waals surface area (Å²) in [4.78, 5) is 27.4. The second kappa shape index (κ2) is 8.70. The molecule has 3 heterocycles. The Balaban J connectivity index is 1.83. The van der Waals surface area contributed by atoms with Crippen LogP contribution in [0.1, 0.15) is 41.0 Å². The number of hydrogen-bond donors (Lipinski definition) is 1. The van der Waals surface area contributed by atoms with Crippen LogP contribution < -0.4 is 15.2 Å². The van der Waals surface area contributed by atoms with Crippen LogP contribution in [0.4, 0.5) is 4.39 Å². The van der Waals surface area contributed by atoms with E-state index in [1.807, 2.05) is 48.3 Å². The number of hydrogen-bond acceptors (Lipinski definition) is 5. The number of rotatable bonds is 2. The van der Waals surface area contributed by atoms with Gasteiger partial charge < -0.3 is 14.7 Å². The summed E-state index contributed by atoms with van der Waals surface area (Å²) in [5.41, 5.74) is 0.634. The summed E-state index contributed by atoms with van der Waals surface area (Å²) in [6, 6.07) is 14.6. The Morgan fingerprint density at radius 1 is 1.09 bits per heavy atom. The summed E-state index contributed by atoms with van der Waals surface area (Å²) < 4.78 is 22.4. The van der Waals surface area contributed by atoms with E-state index >= 15 is 4.39 Å². The van der Waals surface area contributed by atoms with E-state index in [1.54, 1.807) is 23.1 Å². The van der Waals surface area contributed by atoms with Gasteiger partial charge in [0.05, 0.1) is 6.04 Å². The summed E-state index contributed by atoms with van der Waals surface area (Å²) in [6.45, 7) is 2.22. The molecule has 34 heavy (non-hydrogen) atoms. The second-order valence-electron chi connectivity index (χ2n) is 8.26. The highest BCUT2D eigenvalue weighted by molar-refractivity contribution is 5.96. The van der Waals surface area contributed by atoms with E-state index in [4.69, 9.17) is 4.74 Å². The molecule has 0 unspecified atom stereocenters. The Morgan fingerprint density at radius 2 is 1.88 bits per heavy atom. The van der Waals surface area contributed by atoms with Gasteiger partial charge in [0.15, 0.2) is 23.0 Å². The lowest BCUT2D eigenvalue weighted by atomic mass is 9.96. The SMILES string of the molecule is CC[C@@H]1/C=C\COc2c(F)cccc2[C@H](c2ccccc2)N2CN1C(=O)c1c(O)c(=O)ccn12. The molecule has 0 saturated carbocycles. The average molecular weight is 461 g/mol. The first kappa shape index (κ1) is 21.8. The van der Waals surface area contributed by atoms with Crippen LogP contribution in [0.2, 0.25) is 0 Å². The fourth-order valence-corrected chi connectivity index (χ4v) is 4.66. The van der Waals surface area contributed by atoms with Gasteiger partial charge in [0, 0.05) is 17.8 Å². The second-order valence-corrected chi connectivity index (χ2v) is 8.26. The summed E-state index contributed by atoms with van der Waals surface area (Å²) in [5.74, 6) is -1.44. The standard InChI is InChI=1S/C26H24FN3O4/c1-2-18-10-7-15-34-25-19(11-6-12-20(25)27)22(17-8-4-3-5-9-17)30-16-28(18)26(33)23-24(32)21(31)13-14-29(23)30/h3-14,18,22,32H,2,15-16H2,1H3/b10-7-/t18-,22+/m1/s1. The summed E-state index contributed by atoms with van der Waals surface area (Å²) >= 11 is 0. The monoisotopic (exact) mass is 461 g/mol. The van der Waals surface area contributed by atoms with Crippen molar-refractivity contribution in [1.82, 2.24) is 9.58 Å². The zero-order valence-corrected chi connectivity index (χ0v) is 18.6. The third-order valence-electron chi connectivity index (χ3n) is 6.30. The molecule has 2 bridgehead atoms. The van der Waals surface area contributed by atoms with Crippen LogP contribution in [0.15, 0.2) is 77.7 Å². The number of amides is 1. The van der Waals surface area contributed by atoms with Gasteiger partial charge >= 0.3 is 0 Å². The molecular formula is C26H24FN3O4. The van der Waals surface area contributed by atoms with Crippen molar-refractivity contribution in [2.45, 2.75) is 25.4 Å².